The van der Waals surface area contributed by atoms with Gasteiger partial charge in [0.15, 0.2) is 17.3 Å². The van der Waals surface area contributed by atoms with Gasteiger partial charge < -0.3 is 14.2 Å². The maximum Gasteiger partial charge on any atom is 0.211 e. The fourth-order valence-corrected chi connectivity index (χ4v) is 4.06. The third-order valence-corrected chi connectivity index (χ3v) is 5.97. The topological polar surface area (TPSA) is 82.8 Å². The maximum absolute atomic E-state index is 5.46. The molecule has 1 aromatic heterocycles. The Morgan fingerprint density at radius 2 is 1.77 bits per heavy atom. The Kier molecular flexibility index (Phi) is 6.14. The zero-order chi connectivity index (χ0) is 21.1. The van der Waals surface area contributed by atoms with E-state index in [1.165, 1.54) is 0 Å². The summed E-state index contributed by atoms with van der Waals surface area (Å²) in [7, 11) is 4.74. The molecule has 0 atom stereocenters. The van der Waals surface area contributed by atoms with Gasteiger partial charge in [-0.3, -0.25) is 10.4 Å². The molecule has 0 amide bonds. The number of methoxy groups -OCH3 is 3. The number of fused-ring (bicyclic) bond motifs is 1. The van der Waals surface area contributed by atoms with Crippen LogP contribution in [0.5, 0.6) is 17.2 Å². The molecule has 0 fully saturated rings. The number of nitrogens with zero attached hydrogens (tertiary/aromatic N) is 4. The lowest BCUT2D eigenvalue weighted by Gasteiger charge is -2.20. The minimum Gasteiger partial charge on any atom is -0.493 e. The fourth-order valence-electron chi connectivity index (χ4n) is 3.01. The molecule has 2 aromatic carbocycles. The molecule has 1 aliphatic heterocycles. The van der Waals surface area contributed by atoms with E-state index >= 15 is 0 Å². The average molecular weight is 490 g/mol. The van der Waals surface area contributed by atoms with Gasteiger partial charge in [-0.25, -0.2) is 4.68 Å². The summed E-state index contributed by atoms with van der Waals surface area (Å²) in [4.78, 5) is 4.71. The minimum atomic E-state index is 0.529. The molecule has 1 N–H and O–H groups in total. The van der Waals surface area contributed by atoms with E-state index in [1.54, 1.807) is 33.1 Å². The molecule has 1 aliphatic rings. The fraction of sp³-hybridized carbons (Fsp3) is 0.250. The molecule has 0 aliphatic carbocycles. The van der Waals surface area contributed by atoms with Gasteiger partial charge in [0.05, 0.1) is 33.6 Å². The van der Waals surface area contributed by atoms with Crippen LogP contribution in [0.1, 0.15) is 5.56 Å². The number of hydrogen-bond acceptors (Lipinski definition) is 7. The first-order valence-electron chi connectivity index (χ1n) is 9.06. The van der Waals surface area contributed by atoms with Crippen molar-refractivity contribution in [1.82, 2.24) is 14.9 Å². The summed E-state index contributed by atoms with van der Waals surface area (Å²) in [6.45, 7) is 0.590. The molecule has 2 heterocycles. The van der Waals surface area contributed by atoms with Crippen molar-refractivity contribution >= 4 is 33.5 Å². The van der Waals surface area contributed by atoms with Crippen LogP contribution in [0.4, 0.5) is 0 Å². The van der Waals surface area contributed by atoms with Gasteiger partial charge in [0.1, 0.15) is 5.84 Å². The van der Waals surface area contributed by atoms with Crippen molar-refractivity contribution < 1.29 is 14.2 Å². The summed E-state index contributed by atoms with van der Waals surface area (Å²) >= 11 is 5.03. The van der Waals surface area contributed by atoms with Gasteiger partial charge >= 0.3 is 0 Å². The lowest BCUT2D eigenvalue weighted by molar-refractivity contribution is 0.324. The number of hydrogen-bond donors (Lipinski definition) is 1. The van der Waals surface area contributed by atoms with Crippen molar-refractivity contribution in [2.24, 2.45) is 4.99 Å². The maximum atomic E-state index is 5.46. The van der Waals surface area contributed by atoms with Crippen LogP contribution in [-0.2, 0) is 6.54 Å². The van der Waals surface area contributed by atoms with Crippen molar-refractivity contribution in [1.29, 1.82) is 0 Å². The van der Waals surface area contributed by atoms with Gasteiger partial charge in [0.2, 0.25) is 10.9 Å². The van der Waals surface area contributed by atoms with E-state index in [1.807, 2.05) is 28.9 Å². The van der Waals surface area contributed by atoms with Gasteiger partial charge in [-0.2, -0.15) is 0 Å². The zero-order valence-corrected chi connectivity index (χ0v) is 19.1. The second-order valence-electron chi connectivity index (χ2n) is 6.35. The Morgan fingerprint density at radius 3 is 2.40 bits per heavy atom. The van der Waals surface area contributed by atoms with Crippen LogP contribution >= 0.6 is 27.7 Å². The molecule has 0 bridgehead atoms. The van der Waals surface area contributed by atoms with Crippen molar-refractivity contribution in [3.05, 3.63) is 46.4 Å². The highest BCUT2D eigenvalue weighted by Crippen LogP contribution is 2.41. The van der Waals surface area contributed by atoms with Crippen LogP contribution in [0.15, 0.2) is 51.0 Å². The summed E-state index contributed by atoms with van der Waals surface area (Å²) in [5, 5.41) is 9.41. The first kappa shape index (κ1) is 20.5. The molecule has 0 unspecified atom stereocenters. The molecular formula is C20H20BrN5O3S. The van der Waals surface area contributed by atoms with E-state index in [-0.39, 0.29) is 0 Å². The molecule has 0 saturated carbocycles. The second kappa shape index (κ2) is 8.97. The lowest BCUT2D eigenvalue weighted by atomic mass is 10.1. The molecule has 10 heteroatoms. The molecule has 30 heavy (non-hydrogen) atoms. The predicted octanol–water partition coefficient (Wildman–Crippen LogP) is 3.98. The predicted molar refractivity (Wildman–Crippen MR) is 120 cm³/mol. The SMILES string of the molecule is COc1cc(-c2nnc3n2NC(=NCc2ccc(Br)cc2)CS3)cc(OC)c1OC. The quantitative estimate of drug-likeness (QED) is 0.560. The summed E-state index contributed by atoms with van der Waals surface area (Å²) in [6, 6.07) is 11.8. The molecule has 8 nitrogen and oxygen atoms in total. The van der Waals surface area contributed by atoms with Gasteiger partial charge in [-0.1, -0.05) is 39.8 Å². The number of ether oxygens (including phenoxy) is 3. The third-order valence-electron chi connectivity index (χ3n) is 4.50. The monoisotopic (exact) mass is 489 g/mol. The van der Waals surface area contributed by atoms with Crippen molar-refractivity contribution in [3.63, 3.8) is 0 Å². The van der Waals surface area contributed by atoms with E-state index in [0.29, 0.717) is 35.4 Å². The average Bonchev–Trinajstić information content (AvgIpc) is 3.21. The summed E-state index contributed by atoms with van der Waals surface area (Å²) < 4.78 is 19.2. The highest BCUT2D eigenvalue weighted by molar-refractivity contribution is 9.10. The number of rotatable bonds is 6. The van der Waals surface area contributed by atoms with Crippen LogP contribution in [0.25, 0.3) is 11.4 Å². The normalized spacial score (nSPS) is 14.2. The summed E-state index contributed by atoms with van der Waals surface area (Å²) in [5.74, 6) is 3.82. The van der Waals surface area contributed by atoms with E-state index in [2.05, 4.69) is 43.7 Å². The number of thioether (sulfide) groups is 1. The van der Waals surface area contributed by atoms with Gasteiger partial charge in [-0.05, 0) is 29.8 Å². The van der Waals surface area contributed by atoms with Gasteiger partial charge in [0, 0.05) is 10.0 Å². The van der Waals surface area contributed by atoms with Crippen molar-refractivity contribution in [2.75, 3.05) is 32.5 Å². The third kappa shape index (κ3) is 4.10. The number of amidine groups is 1. The first-order valence-corrected chi connectivity index (χ1v) is 10.8. The summed E-state index contributed by atoms with van der Waals surface area (Å²) in [6.07, 6.45) is 0. The summed E-state index contributed by atoms with van der Waals surface area (Å²) in [5.41, 5.74) is 5.25. The van der Waals surface area contributed by atoms with E-state index in [0.717, 1.165) is 26.6 Å². The zero-order valence-electron chi connectivity index (χ0n) is 16.7. The Bertz CT molecular complexity index is 1060. The second-order valence-corrected chi connectivity index (χ2v) is 8.20. The molecule has 3 aromatic rings. The van der Waals surface area contributed by atoms with Crippen LogP contribution in [0, 0.1) is 0 Å². The number of benzene rings is 2. The van der Waals surface area contributed by atoms with Gasteiger partial charge in [-0.15, -0.1) is 10.2 Å². The molecule has 156 valence electrons. The number of halogens is 1. The van der Waals surface area contributed by atoms with E-state index in [4.69, 9.17) is 19.2 Å². The smallest absolute Gasteiger partial charge is 0.211 e. The highest BCUT2D eigenvalue weighted by Gasteiger charge is 2.23. The molecule has 0 radical (unpaired) electrons. The van der Waals surface area contributed by atoms with E-state index < -0.39 is 0 Å². The Morgan fingerprint density at radius 1 is 1.07 bits per heavy atom. The highest BCUT2D eigenvalue weighted by atomic mass is 79.9. The number of nitrogens with one attached hydrogen (secondary N) is 1. The van der Waals surface area contributed by atoms with Crippen molar-refractivity contribution in [3.8, 4) is 28.6 Å². The minimum absolute atomic E-state index is 0.529. The van der Waals surface area contributed by atoms with Crippen LogP contribution in [0.3, 0.4) is 0 Å². The molecule has 0 spiro atoms. The van der Waals surface area contributed by atoms with Crippen LogP contribution in [0.2, 0.25) is 0 Å². The molecule has 4 rings (SSSR count). The standard InChI is InChI=1S/C20H20BrN5O3S/c1-27-15-8-13(9-16(28-2)18(15)29-3)19-23-24-20-26(19)25-17(11-30-20)22-10-12-4-6-14(21)7-5-12/h4-9H,10-11H2,1-3H3,(H,22,25). The van der Waals surface area contributed by atoms with E-state index in [9.17, 15) is 0 Å². The number of aromatic nitrogens is 3. The Balaban J connectivity index is 1.63. The van der Waals surface area contributed by atoms with Crippen LogP contribution < -0.4 is 19.6 Å². The van der Waals surface area contributed by atoms with Crippen molar-refractivity contribution in [2.45, 2.75) is 11.7 Å². The number of aliphatic imine (C=N–C) groups is 1. The Labute approximate surface area is 186 Å². The molecule has 0 saturated heterocycles. The van der Waals surface area contributed by atoms with Gasteiger partial charge in [0.25, 0.3) is 0 Å². The largest absolute Gasteiger partial charge is 0.493 e. The first-order chi connectivity index (χ1) is 14.6. The van der Waals surface area contributed by atoms with Crippen LogP contribution in [-0.4, -0.2) is 47.8 Å². The lowest BCUT2D eigenvalue weighted by Crippen LogP contribution is -2.30. The molecular weight excluding hydrogens is 470 g/mol. The Hall–Kier alpha value is -2.72.